The minimum atomic E-state index is -0.315. The smallest absolute Gasteiger partial charge is 0.209 e. The Morgan fingerprint density at radius 1 is 1.35 bits per heavy atom. The van der Waals surface area contributed by atoms with E-state index in [-0.39, 0.29) is 23.3 Å². The van der Waals surface area contributed by atoms with Gasteiger partial charge >= 0.3 is 0 Å². The van der Waals surface area contributed by atoms with Crippen molar-refractivity contribution in [2.24, 2.45) is 0 Å². The van der Waals surface area contributed by atoms with E-state index in [0.29, 0.717) is 0 Å². The highest BCUT2D eigenvalue weighted by atomic mass is 79.9. The lowest BCUT2D eigenvalue weighted by Gasteiger charge is -2.02. The van der Waals surface area contributed by atoms with Gasteiger partial charge in [-0.25, -0.2) is 0 Å². The Balaban J connectivity index is 2.17. The van der Waals surface area contributed by atoms with Gasteiger partial charge in [-0.05, 0) is 37.6 Å². The van der Waals surface area contributed by atoms with Gasteiger partial charge in [-0.15, -0.1) is 0 Å². The van der Waals surface area contributed by atoms with Gasteiger partial charge < -0.3 is 5.11 Å². The second kappa shape index (κ2) is 6.05. The van der Waals surface area contributed by atoms with Gasteiger partial charge in [-0.3, -0.25) is 9.48 Å². The molecule has 1 heterocycles. The van der Waals surface area contributed by atoms with Crippen molar-refractivity contribution >= 4 is 27.8 Å². The molecule has 2 rings (SSSR count). The molecule has 0 aliphatic carbocycles. The number of carbonyl (C=O) groups is 1. The summed E-state index contributed by atoms with van der Waals surface area (Å²) in [5.41, 5.74) is 0.983. The number of nitrogens with zero attached hydrogens (tertiary/aromatic N) is 2. The molecule has 0 radical (unpaired) electrons. The van der Waals surface area contributed by atoms with Crippen molar-refractivity contribution in [2.45, 2.75) is 19.9 Å². The van der Waals surface area contributed by atoms with Crippen molar-refractivity contribution < 1.29 is 9.90 Å². The van der Waals surface area contributed by atoms with E-state index in [2.05, 4.69) is 21.0 Å². The van der Waals surface area contributed by atoms with Crippen molar-refractivity contribution in [2.75, 3.05) is 0 Å². The van der Waals surface area contributed by atoms with Crippen molar-refractivity contribution in [1.29, 1.82) is 0 Å². The van der Waals surface area contributed by atoms with Gasteiger partial charge in [-0.2, -0.15) is 5.10 Å². The molecule has 0 aliphatic rings. The van der Waals surface area contributed by atoms with E-state index in [1.165, 1.54) is 12.3 Å². The molecular formula is C15H15BrN2O2. The normalized spacial score (nSPS) is 11.4. The van der Waals surface area contributed by atoms with Crippen LogP contribution in [0, 0.1) is 0 Å². The number of hydrogen-bond donors (Lipinski definition) is 1. The zero-order valence-electron chi connectivity index (χ0n) is 11.2. The highest BCUT2D eigenvalue weighted by molar-refractivity contribution is 9.10. The zero-order chi connectivity index (χ0) is 14.7. The lowest BCUT2D eigenvalue weighted by molar-refractivity contribution is 0.104. The SMILES string of the molecule is CC(C)n1cc(O)c(C(=O)/C=C/c2ccc(Br)cc2)n1. The average molecular weight is 335 g/mol. The molecule has 0 aliphatic heterocycles. The van der Waals surface area contributed by atoms with Crippen LogP contribution >= 0.6 is 15.9 Å². The number of hydrogen-bond acceptors (Lipinski definition) is 3. The monoisotopic (exact) mass is 334 g/mol. The molecule has 0 bridgehead atoms. The van der Waals surface area contributed by atoms with Crippen LogP contribution < -0.4 is 0 Å². The Morgan fingerprint density at radius 3 is 2.55 bits per heavy atom. The van der Waals surface area contributed by atoms with Crippen molar-refractivity contribution in [3.05, 3.63) is 52.3 Å². The van der Waals surface area contributed by atoms with Crippen LogP contribution in [0.5, 0.6) is 5.75 Å². The van der Waals surface area contributed by atoms with Crippen LogP contribution in [-0.4, -0.2) is 20.7 Å². The van der Waals surface area contributed by atoms with Crippen molar-refractivity contribution in [3.63, 3.8) is 0 Å². The maximum atomic E-state index is 12.0. The van der Waals surface area contributed by atoms with Crippen LogP contribution in [0.2, 0.25) is 0 Å². The van der Waals surface area contributed by atoms with Crippen LogP contribution in [0.3, 0.4) is 0 Å². The Morgan fingerprint density at radius 2 is 2.00 bits per heavy atom. The molecule has 20 heavy (non-hydrogen) atoms. The first-order valence-corrected chi connectivity index (χ1v) is 7.03. The largest absolute Gasteiger partial charge is 0.504 e. The minimum absolute atomic E-state index is 0.0760. The molecule has 1 aromatic heterocycles. The Kier molecular flexibility index (Phi) is 4.39. The summed E-state index contributed by atoms with van der Waals surface area (Å²) in [6.07, 6.45) is 4.57. The molecular weight excluding hydrogens is 320 g/mol. The number of aromatic nitrogens is 2. The first kappa shape index (κ1) is 14.5. The summed E-state index contributed by atoms with van der Waals surface area (Å²) in [6.45, 7) is 3.86. The number of ketones is 1. The van der Waals surface area contributed by atoms with Gasteiger partial charge in [0.15, 0.2) is 11.4 Å². The number of aromatic hydroxyl groups is 1. The van der Waals surface area contributed by atoms with E-state index in [4.69, 9.17) is 0 Å². The number of rotatable bonds is 4. The van der Waals surface area contributed by atoms with Gasteiger partial charge in [-0.1, -0.05) is 34.1 Å². The minimum Gasteiger partial charge on any atom is -0.504 e. The highest BCUT2D eigenvalue weighted by Gasteiger charge is 2.14. The van der Waals surface area contributed by atoms with Crippen LogP contribution in [0.15, 0.2) is 41.0 Å². The quantitative estimate of drug-likeness (QED) is 0.682. The van der Waals surface area contributed by atoms with E-state index < -0.39 is 0 Å². The third kappa shape index (κ3) is 3.36. The molecule has 0 atom stereocenters. The lowest BCUT2D eigenvalue weighted by atomic mass is 10.2. The summed E-state index contributed by atoms with van der Waals surface area (Å²) >= 11 is 3.35. The summed E-state index contributed by atoms with van der Waals surface area (Å²) in [7, 11) is 0. The van der Waals surface area contributed by atoms with E-state index >= 15 is 0 Å². The zero-order valence-corrected chi connectivity index (χ0v) is 12.8. The predicted octanol–water partition coefficient (Wildman–Crippen LogP) is 3.83. The second-order valence-electron chi connectivity index (χ2n) is 4.69. The summed E-state index contributed by atoms with van der Waals surface area (Å²) in [5, 5.41) is 13.8. The fourth-order valence-electron chi connectivity index (χ4n) is 1.65. The summed E-state index contributed by atoms with van der Waals surface area (Å²) in [4.78, 5) is 12.0. The molecule has 5 heteroatoms. The van der Waals surface area contributed by atoms with E-state index in [1.807, 2.05) is 38.1 Å². The molecule has 0 spiro atoms. The topological polar surface area (TPSA) is 55.1 Å². The van der Waals surface area contributed by atoms with Crippen molar-refractivity contribution in [1.82, 2.24) is 9.78 Å². The molecule has 104 valence electrons. The maximum absolute atomic E-state index is 12.0. The first-order chi connectivity index (χ1) is 9.47. The number of allylic oxidation sites excluding steroid dienone is 1. The third-order valence-electron chi connectivity index (χ3n) is 2.77. The molecule has 0 saturated carbocycles. The highest BCUT2D eigenvalue weighted by Crippen LogP contribution is 2.19. The number of halogens is 1. The van der Waals surface area contributed by atoms with E-state index in [9.17, 15) is 9.90 Å². The summed E-state index contributed by atoms with van der Waals surface area (Å²) < 4.78 is 2.55. The average Bonchev–Trinajstić information content (AvgIpc) is 2.80. The molecule has 0 saturated heterocycles. The Bertz CT molecular complexity index is 642. The number of carbonyl (C=O) groups excluding carboxylic acids is 1. The molecule has 0 amide bonds. The van der Waals surface area contributed by atoms with Crippen LogP contribution in [0.1, 0.15) is 35.9 Å². The molecule has 0 unspecified atom stereocenters. The van der Waals surface area contributed by atoms with Gasteiger partial charge in [0.2, 0.25) is 5.78 Å². The third-order valence-corrected chi connectivity index (χ3v) is 3.30. The predicted molar refractivity (Wildman–Crippen MR) is 81.8 cm³/mol. The maximum Gasteiger partial charge on any atom is 0.209 e. The van der Waals surface area contributed by atoms with Crippen molar-refractivity contribution in [3.8, 4) is 5.75 Å². The van der Waals surface area contributed by atoms with Crippen LogP contribution in [-0.2, 0) is 0 Å². The molecule has 2 aromatic rings. The first-order valence-electron chi connectivity index (χ1n) is 6.23. The fourth-order valence-corrected chi connectivity index (χ4v) is 1.91. The van der Waals surface area contributed by atoms with Gasteiger partial charge in [0.05, 0.1) is 6.20 Å². The Labute approximate surface area is 125 Å². The molecule has 1 aromatic carbocycles. The molecule has 0 fully saturated rings. The van der Waals surface area contributed by atoms with Gasteiger partial charge in [0.25, 0.3) is 0 Å². The molecule has 4 nitrogen and oxygen atoms in total. The van der Waals surface area contributed by atoms with Gasteiger partial charge in [0.1, 0.15) is 0 Å². The Hall–Kier alpha value is -1.88. The fraction of sp³-hybridized carbons (Fsp3) is 0.200. The van der Waals surface area contributed by atoms with Crippen LogP contribution in [0.4, 0.5) is 0 Å². The lowest BCUT2D eigenvalue weighted by Crippen LogP contribution is -2.03. The molecule has 1 N–H and O–H groups in total. The summed E-state index contributed by atoms with van der Waals surface area (Å²) in [5.74, 6) is -0.408. The van der Waals surface area contributed by atoms with E-state index in [1.54, 1.807) is 10.8 Å². The standard InChI is InChI=1S/C15H15BrN2O2/c1-10(2)18-9-14(20)15(17-18)13(19)8-5-11-3-6-12(16)7-4-11/h3-10,20H,1-2H3/b8-5+. The van der Waals surface area contributed by atoms with Crippen LogP contribution in [0.25, 0.3) is 6.08 Å². The summed E-state index contributed by atoms with van der Waals surface area (Å²) in [6, 6.07) is 7.67. The van der Waals surface area contributed by atoms with Gasteiger partial charge in [0, 0.05) is 10.5 Å². The second-order valence-corrected chi connectivity index (χ2v) is 5.60. The van der Waals surface area contributed by atoms with E-state index in [0.717, 1.165) is 10.0 Å². The number of benzene rings is 1.